The van der Waals surface area contributed by atoms with Crippen LogP contribution in [0.4, 0.5) is 10.5 Å². The molecule has 0 spiro atoms. The minimum Gasteiger partial charge on any atom is -0.453 e. The van der Waals surface area contributed by atoms with Crippen LogP contribution in [0, 0.1) is 0 Å². The van der Waals surface area contributed by atoms with E-state index < -0.39 is 6.09 Å². The molecule has 4 N–H and O–H groups in total. The number of anilines is 1. The molecule has 0 aromatic heterocycles. The lowest BCUT2D eigenvalue weighted by molar-refractivity contribution is 0.145. The van der Waals surface area contributed by atoms with Crippen LogP contribution in [0.3, 0.4) is 0 Å². The first-order chi connectivity index (χ1) is 10.7. The monoisotopic (exact) mass is 436 g/mol. The quantitative estimate of drug-likeness (QED) is 0.252. The third-order valence-electron chi connectivity index (χ3n) is 2.79. The highest BCUT2D eigenvalue weighted by Crippen LogP contribution is 2.10. The number of nitrogens with zero attached hydrogens (tertiary/aromatic N) is 1. The van der Waals surface area contributed by atoms with E-state index in [2.05, 4.69) is 20.4 Å². The van der Waals surface area contributed by atoms with Crippen LogP contribution in [0.25, 0.3) is 0 Å². The molecule has 8 heteroatoms. The van der Waals surface area contributed by atoms with Crippen LogP contribution in [0.15, 0.2) is 29.3 Å². The van der Waals surface area contributed by atoms with Crippen LogP contribution in [0.2, 0.25) is 0 Å². The molecule has 1 amide bonds. The first kappa shape index (κ1) is 21.4. The van der Waals surface area contributed by atoms with E-state index in [-0.39, 0.29) is 24.0 Å². The number of ether oxygens (including phenoxy) is 2. The van der Waals surface area contributed by atoms with Crippen molar-refractivity contribution in [3.8, 4) is 0 Å². The maximum absolute atomic E-state index is 11.1. The summed E-state index contributed by atoms with van der Waals surface area (Å²) >= 11 is 0. The van der Waals surface area contributed by atoms with Crippen molar-refractivity contribution in [3.05, 3.63) is 29.8 Å². The van der Waals surface area contributed by atoms with Gasteiger partial charge in [0.15, 0.2) is 5.96 Å². The number of rotatable bonds is 8. The molecule has 0 radical (unpaired) electrons. The van der Waals surface area contributed by atoms with Gasteiger partial charge in [0.05, 0.1) is 13.7 Å². The van der Waals surface area contributed by atoms with Gasteiger partial charge >= 0.3 is 6.09 Å². The van der Waals surface area contributed by atoms with E-state index in [1.165, 1.54) is 7.11 Å². The van der Waals surface area contributed by atoms with E-state index in [4.69, 9.17) is 10.5 Å². The van der Waals surface area contributed by atoms with Crippen molar-refractivity contribution in [2.24, 2.45) is 10.7 Å². The summed E-state index contributed by atoms with van der Waals surface area (Å²) < 4.78 is 9.75. The van der Waals surface area contributed by atoms with Gasteiger partial charge in [-0.2, -0.15) is 0 Å². The summed E-state index contributed by atoms with van der Waals surface area (Å²) in [5.41, 5.74) is 7.44. The molecular formula is C15H25IN4O3. The third-order valence-corrected chi connectivity index (χ3v) is 2.79. The Bertz CT molecular complexity index is 480. The van der Waals surface area contributed by atoms with Gasteiger partial charge in [0, 0.05) is 25.4 Å². The van der Waals surface area contributed by atoms with Crippen molar-refractivity contribution in [2.75, 3.05) is 32.2 Å². The summed E-state index contributed by atoms with van der Waals surface area (Å²) in [5.74, 6) is 0.410. The summed E-state index contributed by atoms with van der Waals surface area (Å²) in [7, 11) is 1.32. The van der Waals surface area contributed by atoms with E-state index in [0.29, 0.717) is 24.8 Å². The molecule has 0 heterocycles. The molecule has 0 unspecified atom stereocenters. The zero-order chi connectivity index (χ0) is 16.2. The van der Waals surface area contributed by atoms with Gasteiger partial charge in [-0.25, -0.2) is 9.79 Å². The Morgan fingerprint density at radius 1 is 1.30 bits per heavy atom. The van der Waals surface area contributed by atoms with Crippen molar-refractivity contribution in [3.63, 3.8) is 0 Å². The Morgan fingerprint density at radius 3 is 2.61 bits per heavy atom. The van der Waals surface area contributed by atoms with Crippen molar-refractivity contribution in [1.82, 2.24) is 5.32 Å². The molecule has 0 aliphatic heterocycles. The lowest BCUT2D eigenvalue weighted by Crippen LogP contribution is -2.32. The van der Waals surface area contributed by atoms with Crippen LogP contribution in [0.5, 0.6) is 0 Å². The Balaban J connectivity index is 0.00000484. The van der Waals surface area contributed by atoms with E-state index in [0.717, 1.165) is 25.1 Å². The number of nitrogens with one attached hydrogen (secondary N) is 2. The molecule has 0 saturated carbocycles. The van der Waals surface area contributed by atoms with Gasteiger partial charge in [-0.3, -0.25) is 5.32 Å². The Hall–Kier alpha value is -1.55. The third kappa shape index (κ3) is 9.95. The highest BCUT2D eigenvalue weighted by Gasteiger charge is 2.00. The molecule has 0 atom stereocenters. The molecule has 1 aromatic rings. The molecule has 23 heavy (non-hydrogen) atoms. The predicted molar refractivity (Wildman–Crippen MR) is 102 cm³/mol. The predicted octanol–water partition coefficient (Wildman–Crippen LogP) is 2.31. The fourth-order valence-corrected chi connectivity index (χ4v) is 1.63. The molecule has 130 valence electrons. The summed E-state index contributed by atoms with van der Waals surface area (Å²) in [6.45, 7) is 4.62. The molecule has 1 aromatic carbocycles. The molecule has 1 rings (SSSR count). The van der Waals surface area contributed by atoms with Crippen LogP contribution in [0.1, 0.15) is 18.9 Å². The van der Waals surface area contributed by atoms with Gasteiger partial charge in [-0.15, -0.1) is 24.0 Å². The number of benzene rings is 1. The fraction of sp³-hybridized carbons (Fsp3) is 0.467. The van der Waals surface area contributed by atoms with Crippen molar-refractivity contribution in [2.45, 2.75) is 19.9 Å². The second-order valence-electron chi connectivity index (χ2n) is 4.49. The van der Waals surface area contributed by atoms with Gasteiger partial charge in [0.25, 0.3) is 0 Å². The van der Waals surface area contributed by atoms with Gasteiger partial charge in [-0.05, 0) is 31.0 Å². The molecule has 0 bridgehead atoms. The molecule has 0 aliphatic carbocycles. The first-order valence-corrected chi connectivity index (χ1v) is 7.21. The summed E-state index contributed by atoms with van der Waals surface area (Å²) in [6, 6.07) is 7.31. The van der Waals surface area contributed by atoms with Crippen LogP contribution in [-0.4, -0.2) is 38.9 Å². The molecule has 0 aliphatic rings. The maximum Gasteiger partial charge on any atom is 0.411 e. The van der Waals surface area contributed by atoms with E-state index in [1.54, 1.807) is 12.1 Å². The number of carbonyl (C=O) groups excluding carboxylic acids is 1. The zero-order valence-corrected chi connectivity index (χ0v) is 15.8. The Kier molecular flexibility index (Phi) is 12.1. The number of guanidine groups is 1. The van der Waals surface area contributed by atoms with Crippen LogP contribution >= 0.6 is 24.0 Å². The SMILES string of the molecule is CCOCCCNC(N)=NCc1ccc(NC(=O)OC)cc1.I. The number of amides is 1. The minimum absolute atomic E-state index is 0. The number of carbonyl (C=O) groups is 1. The summed E-state index contributed by atoms with van der Waals surface area (Å²) in [6.07, 6.45) is 0.393. The van der Waals surface area contributed by atoms with Gasteiger partial charge in [-0.1, -0.05) is 12.1 Å². The number of halogens is 1. The van der Waals surface area contributed by atoms with Crippen molar-refractivity contribution < 1.29 is 14.3 Å². The number of hydrogen-bond donors (Lipinski definition) is 3. The smallest absolute Gasteiger partial charge is 0.411 e. The summed E-state index contributed by atoms with van der Waals surface area (Å²) in [4.78, 5) is 15.3. The number of nitrogens with two attached hydrogens (primary N) is 1. The zero-order valence-electron chi connectivity index (χ0n) is 13.5. The topological polar surface area (TPSA) is 98.0 Å². The van der Waals surface area contributed by atoms with Crippen LogP contribution < -0.4 is 16.4 Å². The average Bonchev–Trinajstić information content (AvgIpc) is 2.54. The van der Waals surface area contributed by atoms with Crippen LogP contribution in [-0.2, 0) is 16.0 Å². The molecule has 0 fully saturated rings. The van der Waals surface area contributed by atoms with E-state index >= 15 is 0 Å². The Labute approximate surface area is 154 Å². The second-order valence-corrected chi connectivity index (χ2v) is 4.49. The number of aliphatic imine (C=N–C) groups is 1. The average molecular weight is 436 g/mol. The van der Waals surface area contributed by atoms with Gasteiger partial charge < -0.3 is 20.5 Å². The summed E-state index contributed by atoms with van der Waals surface area (Å²) in [5, 5.41) is 5.61. The molecular weight excluding hydrogens is 411 g/mol. The maximum atomic E-state index is 11.1. The molecule has 7 nitrogen and oxygen atoms in total. The fourth-order valence-electron chi connectivity index (χ4n) is 1.63. The lowest BCUT2D eigenvalue weighted by Gasteiger charge is -2.06. The standard InChI is InChI=1S/C15H24N4O3.HI/c1-3-22-10-4-9-17-14(16)18-11-12-5-7-13(8-6-12)19-15(20)21-2;/h5-8H,3-4,9-11H2,1-2H3,(H,19,20)(H3,16,17,18);1H. The molecule has 0 saturated heterocycles. The lowest BCUT2D eigenvalue weighted by atomic mass is 10.2. The first-order valence-electron chi connectivity index (χ1n) is 7.21. The largest absolute Gasteiger partial charge is 0.453 e. The minimum atomic E-state index is -0.494. The highest BCUT2D eigenvalue weighted by molar-refractivity contribution is 14.0. The van der Waals surface area contributed by atoms with Crippen molar-refractivity contribution >= 4 is 41.7 Å². The number of methoxy groups -OCH3 is 1. The van der Waals surface area contributed by atoms with Gasteiger partial charge in [0.2, 0.25) is 0 Å². The normalized spacial score (nSPS) is 10.6. The number of hydrogen-bond acceptors (Lipinski definition) is 4. The second kappa shape index (κ2) is 12.9. The van der Waals surface area contributed by atoms with Crippen molar-refractivity contribution in [1.29, 1.82) is 0 Å². The van der Waals surface area contributed by atoms with E-state index in [1.807, 2.05) is 19.1 Å². The highest BCUT2D eigenvalue weighted by atomic mass is 127. The van der Waals surface area contributed by atoms with Gasteiger partial charge in [0.1, 0.15) is 0 Å². The van der Waals surface area contributed by atoms with E-state index in [9.17, 15) is 4.79 Å². The Morgan fingerprint density at radius 2 is 2.00 bits per heavy atom.